The van der Waals surface area contributed by atoms with Crippen LogP contribution < -0.4 is 14.8 Å². The Labute approximate surface area is 116 Å². The first kappa shape index (κ1) is 14.7. The molecule has 1 aliphatic rings. The van der Waals surface area contributed by atoms with Crippen LogP contribution >= 0.6 is 0 Å². The summed E-state index contributed by atoms with van der Waals surface area (Å²) in [7, 11) is -3.82. The Kier molecular flexibility index (Phi) is 3.96. The largest absolute Gasteiger partial charge is 0.494 e. The Balaban J connectivity index is 2.26. The molecule has 2 rings (SSSR count). The number of carbonyl (C=O) groups excluding carboxylic acids is 1. The van der Waals surface area contributed by atoms with Crippen LogP contribution in [0.4, 0.5) is 10.1 Å². The van der Waals surface area contributed by atoms with Crippen LogP contribution in [0.1, 0.15) is 13.3 Å². The Bertz CT molecular complexity index is 632. The van der Waals surface area contributed by atoms with Gasteiger partial charge in [-0.2, -0.15) is 0 Å². The van der Waals surface area contributed by atoms with Crippen molar-refractivity contribution in [3.05, 3.63) is 24.0 Å². The van der Waals surface area contributed by atoms with E-state index >= 15 is 0 Å². The molecule has 1 fully saturated rings. The van der Waals surface area contributed by atoms with Gasteiger partial charge < -0.3 is 9.64 Å². The summed E-state index contributed by atoms with van der Waals surface area (Å²) >= 11 is 0. The van der Waals surface area contributed by atoms with Crippen LogP contribution in [0.3, 0.4) is 0 Å². The summed E-state index contributed by atoms with van der Waals surface area (Å²) in [4.78, 5) is 12.9. The van der Waals surface area contributed by atoms with Crippen molar-refractivity contribution in [3.63, 3.8) is 0 Å². The van der Waals surface area contributed by atoms with Crippen molar-refractivity contribution in [2.24, 2.45) is 5.14 Å². The van der Waals surface area contributed by atoms with Crippen molar-refractivity contribution in [1.82, 2.24) is 0 Å². The predicted molar refractivity (Wildman–Crippen MR) is 71.4 cm³/mol. The summed E-state index contributed by atoms with van der Waals surface area (Å²) in [6.07, 6.45) is -0.231. The minimum Gasteiger partial charge on any atom is -0.494 e. The number of sulfonamides is 1. The fraction of sp³-hybridized carbons (Fsp3) is 0.417. The highest BCUT2D eigenvalue weighted by molar-refractivity contribution is 7.89. The number of ether oxygens (including phenoxy) is 1. The number of anilines is 1. The molecule has 1 atom stereocenters. The fourth-order valence-corrected chi connectivity index (χ4v) is 2.82. The minimum absolute atomic E-state index is 0.0320. The summed E-state index contributed by atoms with van der Waals surface area (Å²) < 4.78 is 41.6. The van der Waals surface area contributed by atoms with Gasteiger partial charge in [0.25, 0.3) is 0 Å². The third-order valence-electron chi connectivity index (χ3n) is 3.08. The van der Waals surface area contributed by atoms with Gasteiger partial charge in [0.1, 0.15) is 11.0 Å². The molecule has 0 radical (unpaired) electrons. The van der Waals surface area contributed by atoms with Gasteiger partial charge in [-0.15, -0.1) is 0 Å². The maximum atomic E-state index is 14.0. The number of halogens is 1. The lowest BCUT2D eigenvalue weighted by Gasteiger charge is -2.17. The van der Waals surface area contributed by atoms with E-state index in [4.69, 9.17) is 9.88 Å². The Morgan fingerprint density at radius 2 is 2.20 bits per heavy atom. The van der Waals surface area contributed by atoms with E-state index in [-0.39, 0.29) is 18.7 Å². The van der Waals surface area contributed by atoms with E-state index in [1.165, 1.54) is 12.1 Å². The second-order valence-corrected chi connectivity index (χ2v) is 6.31. The highest BCUT2D eigenvalue weighted by atomic mass is 32.2. The number of primary sulfonamides is 1. The first-order valence-electron chi connectivity index (χ1n) is 6.07. The van der Waals surface area contributed by atoms with E-state index in [1.807, 2.05) is 0 Å². The van der Waals surface area contributed by atoms with Crippen molar-refractivity contribution in [3.8, 4) is 5.75 Å². The molecule has 0 aromatic heterocycles. The van der Waals surface area contributed by atoms with Crippen LogP contribution in [0.15, 0.2) is 18.2 Å². The van der Waals surface area contributed by atoms with Gasteiger partial charge in [-0.25, -0.2) is 17.9 Å². The zero-order valence-electron chi connectivity index (χ0n) is 10.9. The fourth-order valence-electron chi connectivity index (χ4n) is 2.09. The van der Waals surface area contributed by atoms with E-state index in [2.05, 4.69) is 0 Å². The summed E-state index contributed by atoms with van der Waals surface area (Å²) in [6, 6.07) is 4.08. The van der Waals surface area contributed by atoms with Gasteiger partial charge in [0.2, 0.25) is 15.9 Å². The van der Waals surface area contributed by atoms with Gasteiger partial charge in [-0.3, -0.25) is 4.79 Å². The van der Waals surface area contributed by atoms with Crippen molar-refractivity contribution in [2.45, 2.75) is 18.6 Å². The Morgan fingerprint density at radius 3 is 2.70 bits per heavy atom. The molecule has 0 bridgehead atoms. The second-order valence-electron chi connectivity index (χ2n) is 4.47. The number of amides is 1. The standard InChI is InChI=1S/C12H15FN2O4S/c1-2-19-8-3-4-11(10(13)5-8)15-7-9(6-12(15)16)20(14,17)18/h3-5,9H,2,6-7H2,1H3,(H2,14,17,18). The van der Waals surface area contributed by atoms with Crippen LogP contribution in [-0.4, -0.2) is 32.7 Å². The van der Waals surface area contributed by atoms with Crippen molar-refractivity contribution in [2.75, 3.05) is 18.1 Å². The minimum atomic E-state index is -3.82. The average molecular weight is 302 g/mol. The van der Waals surface area contributed by atoms with Crippen LogP contribution in [0.25, 0.3) is 0 Å². The topological polar surface area (TPSA) is 89.7 Å². The zero-order valence-corrected chi connectivity index (χ0v) is 11.7. The summed E-state index contributed by atoms with van der Waals surface area (Å²) in [5.74, 6) is -0.755. The van der Waals surface area contributed by atoms with E-state index in [0.29, 0.717) is 12.4 Å². The molecular weight excluding hydrogens is 287 g/mol. The van der Waals surface area contributed by atoms with E-state index in [9.17, 15) is 17.6 Å². The maximum absolute atomic E-state index is 14.0. The smallest absolute Gasteiger partial charge is 0.228 e. The molecule has 6 nitrogen and oxygen atoms in total. The molecule has 1 heterocycles. The third kappa shape index (κ3) is 2.91. The summed E-state index contributed by atoms with van der Waals surface area (Å²) in [5.41, 5.74) is 0.0320. The predicted octanol–water partition coefficient (Wildman–Crippen LogP) is 0.618. The molecule has 110 valence electrons. The zero-order chi connectivity index (χ0) is 14.9. The molecule has 1 unspecified atom stereocenters. The molecule has 0 saturated carbocycles. The molecule has 1 aromatic carbocycles. The molecule has 20 heavy (non-hydrogen) atoms. The molecule has 0 aliphatic carbocycles. The molecule has 1 aliphatic heterocycles. The number of nitrogens with zero attached hydrogens (tertiary/aromatic N) is 1. The molecule has 1 saturated heterocycles. The van der Waals surface area contributed by atoms with E-state index < -0.39 is 27.0 Å². The van der Waals surface area contributed by atoms with Gasteiger partial charge in [-0.05, 0) is 19.1 Å². The van der Waals surface area contributed by atoms with E-state index in [0.717, 1.165) is 11.0 Å². The highest BCUT2D eigenvalue weighted by Gasteiger charge is 2.38. The van der Waals surface area contributed by atoms with Crippen LogP contribution in [0.2, 0.25) is 0 Å². The highest BCUT2D eigenvalue weighted by Crippen LogP contribution is 2.29. The second kappa shape index (κ2) is 5.37. The van der Waals surface area contributed by atoms with Gasteiger partial charge >= 0.3 is 0 Å². The normalized spacial score (nSPS) is 19.4. The monoisotopic (exact) mass is 302 g/mol. The molecule has 8 heteroatoms. The number of benzene rings is 1. The summed E-state index contributed by atoms with van der Waals surface area (Å²) in [5, 5.41) is 4.03. The number of hydrogen-bond donors (Lipinski definition) is 1. The summed E-state index contributed by atoms with van der Waals surface area (Å²) in [6.45, 7) is 2.03. The van der Waals surface area contributed by atoms with Crippen molar-refractivity contribution in [1.29, 1.82) is 0 Å². The van der Waals surface area contributed by atoms with Gasteiger partial charge in [0.15, 0.2) is 5.82 Å². The first-order chi connectivity index (χ1) is 9.32. The number of nitrogens with two attached hydrogens (primary N) is 1. The van der Waals surface area contributed by atoms with Crippen molar-refractivity contribution >= 4 is 21.6 Å². The number of carbonyl (C=O) groups is 1. The van der Waals surface area contributed by atoms with Crippen LogP contribution in [0.5, 0.6) is 5.75 Å². The maximum Gasteiger partial charge on any atom is 0.228 e. The molecule has 1 amide bonds. The molecule has 2 N–H and O–H groups in total. The van der Waals surface area contributed by atoms with Gasteiger partial charge in [0.05, 0.1) is 12.3 Å². The van der Waals surface area contributed by atoms with Crippen LogP contribution in [-0.2, 0) is 14.8 Å². The van der Waals surface area contributed by atoms with Gasteiger partial charge in [0, 0.05) is 19.0 Å². The van der Waals surface area contributed by atoms with Crippen LogP contribution in [0, 0.1) is 5.82 Å². The lowest BCUT2D eigenvalue weighted by atomic mass is 10.2. The lowest BCUT2D eigenvalue weighted by Crippen LogP contribution is -2.32. The van der Waals surface area contributed by atoms with Gasteiger partial charge in [-0.1, -0.05) is 0 Å². The lowest BCUT2D eigenvalue weighted by molar-refractivity contribution is -0.117. The quantitative estimate of drug-likeness (QED) is 0.882. The SMILES string of the molecule is CCOc1ccc(N2CC(S(N)(=O)=O)CC2=O)c(F)c1. The van der Waals surface area contributed by atoms with Crippen molar-refractivity contribution < 1.29 is 22.3 Å². The first-order valence-corrected chi connectivity index (χ1v) is 7.68. The molecule has 0 spiro atoms. The number of rotatable bonds is 4. The average Bonchev–Trinajstić information content (AvgIpc) is 2.72. The third-order valence-corrected chi connectivity index (χ3v) is 4.32. The number of hydrogen-bond acceptors (Lipinski definition) is 4. The molecular formula is C12H15FN2O4S. The van der Waals surface area contributed by atoms with E-state index in [1.54, 1.807) is 6.92 Å². The molecule has 1 aromatic rings. The Hall–Kier alpha value is -1.67. The Morgan fingerprint density at radius 1 is 1.50 bits per heavy atom.